The number of hydrogen-bond acceptors (Lipinski definition) is 24. The van der Waals surface area contributed by atoms with Gasteiger partial charge in [0.25, 0.3) is 0 Å². The van der Waals surface area contributed by atoms with E-state index < -0.39 is 84.9 Å². The van der Waals surface area contributed by atoms with Crippen LogP contribution in [0.1, 0.15) is 493 Å². The fourth-order valence-electron chi connectivity index (χ4n) is 15.4. The molecule has 0 aromatic rings. The van der Waals surface area contributed by atoms with Gasteiger partial charge in [-0.25, -0.2) is 16.8 Å². The molecule has 0 bridgehead atoms. The summed E-state index contributed by atoms with van der Waals surface area (Å²) in [7, 11) is -7.50. The van der Waals surface area contributed by atoms with Crippen molar-refractivity contribution in [3.63, 3.8) is 0 Å². The van der Waals surface area contributed by atoms with E-state index in [0.717, 1.165) is 153 Å². The number of carboxylic acid groups (broad SMARTS) is 1. The third-order valence-corrected chi connectivity index (χ3v) is 26.9. The molecule has 3 amide bonds. The van der Waals surface area contributed by atoms with Crippen molar-refractivity contribution >= 4 is 128 Å². The smallest absolute Gasteiger partial charge is 1.00 e. The van der Waals surface area contributed by atoms with Crippen molar-refractivity contribution in [3.05, 3.63) is 0 Å². The molecule has 0 aromatic heterocycles. The molecule has 0 radical (unpaired) electrons. The minimum Gasteiger partial charge on any atom is -1.00 e. The van der Waals surface area contributed by atoms with Gasteiger partial charge in [0.2, 0.25) is 17.7 Å². The Kier molecular flexibility index (Phi) is 167. The number of aliphatic hydroxyl groups excluding tert-OH is 8. The number of nitrogens with two attached hydrogens (primary N) is 2. The number of carbonyl (C=O) groups is 4. The molecule has 0 spiro atoms. The van der Waals surface area contributed by atoms with E-state index in [9.17, 15) is 75.8 Å². The summed E-state index contributed by atoms with van der Waals surface area (Å²) in [6, 6.07) is 0. The van der Waals surface area contributed by atoms with Crippen LogP contribution in [0.15, 0.2) is 0 Å². The second-order valence-electron chi connectivity index (χ2n) is 39.5. The van der Waals surface area contributed by atoms with Crippen LogP contribution in [0, 0.1) is 0 Å². The zero-order valence-electron chi connectivity index (χ0n) is 97.1. The molecular weight excluding hydrogens is 2230 g/mol. The summed E-state index contributed by atoms with van der Waals surface area (Å²) < 4.78 is 92.7. The van der Waals surface area contributed by atoms with E-state index in [1.165, 1.54) is 302 Å². The van der Waals surface area contributed by atoms with Crippen molar-refractivity contribution < 1.29 is 208 Å². The molecule has 1 saturated heterocycles. The van der Waals surface area contributed by atoms with Crippen LogP contribution >= 0.6 is 73.5 Å². The van der Waals surface area contributed by atoms with Crippen molar-refractivity contribution in [1.82, 2.24) is 20.3 Å². The molecule has 880 valence electrons. The quantitative estimate of drug-likeness (QED) is 0.00393. The first-order valence-corrected chi connectivity index (χ1v) is 65.4. The summed E-state index contributed by atoms with van der Waals surface area (Å²) in [4.78, 5) is 47.9. The second kappa shape index (κ2) is 141. The van der Waals surface area contributed by atoms with Crippen LogP contribution < -0.4 is 120 Å². The van der Waals surface area contributed by atoms with Crippen LogP contribution in [0.2, 0.25) is 0 Å². The molecule has 0 aromatic carbocycles. The molecule has 0 saturated carbocycles. The first kappa shape index (κ1) is 175. The predicted octanol–water partition coefficient (Wildman–Crippen LogP) is 12.1. The average molecular weight is 2460 g/mol. The Morgan fingerprint density at radius 3 is 0.838 bits per heavy atom. The number of halogens is 5. The summed E-state index contributed by atoms with van der Waals surface area (Å²) in [6.07, 6.45) is 76.0. The number of hydrogen-bond donors (Lipinski definition) is 15. The Balaban J connectivity index is -0.000000135. The molecule has 1 aliphatic rings. The number of likely N-dealkylation sites (N-methyl/N-ethyl adjacent to an activating group) is 1. The van der Waals surface area contributed by atoms with E-state index in [-0.39, 0.29) is 157 Å². The van der Waals surface area contributed by atoms with Crippen molar-refractivity contribution in [2.75, 3.05) is 114 Å². The number of carboxylic acids is 1. The van der Waals surface area contributed by atoms with Crippen molar-refractivity contribution in [1.29, 1.82) is 0 Å². The molecular formula is C107H225BrCl3IN7Na3O23S3+2. The number of carbonyl (C=O) groups excluding carboxylic acids is 3. The summed E-state index contributed by atoms with van der Waals surface area (Å²) in [5.74, 6) is -2.48. The van der Waals surface area contributed by atoms with Crippen molar-refractivity contribution in [3.8, 4) is 0 Å². The molecule has 1 rings (SSSR count). The van der Waals surface area contributed by atoms with E-state index in [4.69, 9.17) is 73.2 Å². The minimum absolute atomic E-state index is 0. The van der Waals surface area contributed by atoms with Gasteiger partial charge in [0, 0.05) is 66.9 Å². The molecule has 17 N–H and O–H groups in total. The molecule has 5 unspecified atom stereocenters. The summed E-state index contributed by atoms with van der Waals surface area (Å²) >= 11 is 20.5. The Labute approximate surface area is 1010 Å². The van der Waals surface area contributed by atoms with E-state index in [2.05, 4.69) is 127 Å². The molecule has 148 heavy (non-hydrogen) atoms. The number of alkyl halides is 4. The number of aliphatic carboxylic acids is 1. The standard InChI is InChI=1S/C28H58N2O3.C26H54N2O3.C21H44N2O2.C18H36O3.C4H10BrN.2C3H7ClO4S.C3H5ClO.CH3I.3Na.O3S.H/c1-5-7-8-9-10-11-12-13-14-15-16-17-18-21-26(31)24-28(33)29-22-19-23-30(3,4)25-27(32)20-6-2;1-3-5-6-7-8-9-10-11-12-13-14-15-16-19-24(29)22-26(31)28-21-17-20-27-23-25(30)18-4-2;1-2-3-4-5-6-7-8-9-10-11-12-13-14-16-20(24)19-21(25)23-18-15-17-22;1-2-3-4-5-6-7-8-9-10-11-12-13-14-15-17(19)16-18(20)21;1-2-3-4-6-5;2*4-1-3(5)2-9(6,7)8;4-1-3-2-5-3;1-2;;;;1-4(2)3;/h26-27,31-32H,5-25H2,1-4H3;24-25,27,29-30H,3-23H2,1-2H3,(H,28,31);20,24H,2-19,22H2,1H3,(H,23,25);17,19H,2-16H2,1H3,(H,20,21);6H,2-4H2,1H3;2*3,5H,1-2H2,(H,6,7,8);3H,1-2H2;1H3;;;;;/q;;;;;;;;;3*+1;;-1/t26-,27?;24-,25?;20-;17-;;;;;;;;;;/m1110........../s1. The van der Waals surface area contributed by atoms with E-state index in [1.807, 2.05) is 4.93 Å². The van der Waals surface area contributed by atoms with Crippen molar-refractivity contribution in [2.45, 2.75) is 546 Å². The Bertz CT molecular complexity index is 2960. The Morgan fingerprint density at radius 2 is 0.635 bits per heavy atom. The first-order valence-electron chi connectivity index (χ1n) is 56.7. The molecule has 0 aliphatic carbocycles. The molecule has 41 heteroatoms. The van der Waals surface area contributed by atoms with Crippen LogP contribution in [-0.4, -0.2) is 281 Å². The number of amides is 3. The molecule has 30 nitrogen and oxygen atoms in total. The maximum atomic E-state index is 12.1. The number of ether oxygens (including phenoxy) is 1. The maximum Gasteiger partial charge on any atom is 1.00 e. The SMILES string of the molecule is CCCCCCCCCCCCCCC[C@@H](O)CC(=O)NCCCN.CCCCCCCCCCCCCCC[C@@H](O)CC(=O)NCCC[N+](C)(C)CC(O)CCC.CCCCCCCCCCCCCCC[C@@H](O)CC(=O)NCCC[NH2+]CC(O)CCC.CCCCCCCCCCCCCCC[C@H](O)CC(=O)O.CCCCNBr.CI.ClCC1CO1.O=S(=O)([O-])CC(O)CCl.O=S(=O)([O-])CC(O)CCl.O=S(=O)=O.[H-].[Na+].[Na+].[Na+]. The summed E-state index contributed by atoms with van der Waals surface area (Å²) in [5.41, 5.74) is 5.38. The summed E-state index contributed by atoms with van der Waals surface area (Å²) in [5, 5.41) is 95.4. The van der Waals surface area contributed by atoms with Gasteiger partial charge in [-0.05, 0) is 62.8 Å². The van der Waals surface area contributed by atoms with Gasteiger partial charge < -0.3 is 92.7 Å². The molecule has 1 heterocycles. The Morgan fingerprint density at radius 1 is 0.392 bits per heavy atom. The van der Waals surface area contributed by atoms with E-state index >= 15 is 0 Å². The zero-order valence-corrected chi connectivity index (χ0v) is 111. The van der Waals surface area contributed by atoms with Gasteiger partial charge in [-0.2, -0.15) is 0 Å². The van der Waals surface area contributed by atoms with E-state index in [0.29, 0.717) is 44.6 Å². The molecule has 9 atom stereocenters. The third-order valence-electron chi connectivity index (χ3n) is 23.8. The maximum absolute atomic E-state index is 12.1. The minimum atomic E-state index is -4.32. The number of nitrogens with one attached hydrogen (secondary N) is 4. The van der Waals surface area contributed by atoms with Crippen molar-refractivity contribution in [2.24, 2.45) is 5.73 Å². The van der Waals surface area contributed by atoms with Crippen LogP contribution in [0.25, 0.3) is 0 Å². The zero-order chi connectivity index (χ0) is 111. The van der Waals surface area contributed by atoms with Gasteiger partial charge in [0.05, 0.1) is 140 Å². The summed E-state index contributed by atoms with van der Waals surface area (Å²) in [6.45, 7) is 23.1. The number of quaternary nitrogens is 2. The normalized spacial score (nSPS) is 13.3. The van der Waals surface area contributed by atoms with Crippen LogP contribution in [0.4, 0.5) is 0 Å². The third kappa shape index (κ3) is 181. The van der Waals surface area contributed by atoms with Gasteiger partial charge >= 0.3 is 105 Å². The van der Waals surface area contributed by atoms with Gasteiger partial charge in [-0.15, -0.1) is 47.4 Å². The topological polar surface area (TPSA) is 519 Å². The van der Waals surface area contributed by atoms with Gasteiger partial charge in [0.1, 0.15) is 25.3 Å². The van der Waals surface area contributed by atoms with Crippen LogP contribution in [-0.2, 0) is 54.8 Å². The fourth-order valence-corrected chi connectivity index (χ4v) is 17.5. The number of epoxide rings is 1. The van der Waals surface area contributed by atoms with E-state index in [1.54, 1.807) is 0 Å². The first-order chi connectivity index (χ1) is 69.3. The second-order valence-corrected chi connectivity index (χ2v) is 44.3. The average Bonchev–Trinajstić information content (AvgIpc) is 0.976. The Hall–Kier alpha value is 1.88. The fraction of sp³-hybridized carbons (Fsp3) is 0.963. The van der Waals surface area contributed by atoms with Crippen LogP contribution in [0.5, 0.6) is 0 Å². The largest absolute Gasteiger partial charge is 1.00 e. The predicted molar refractivity (Wildman–Crippen MR) is 614 cm³/mol. The number of nitrogens with zero attached hydrogens (tertiary/aromatic N) is 1. The van der Waals surface area contributed by atoms with Gasteiger partial charge in [-0.1, -0.05) is 424 Å². The number of rotatable bonds is 93. The van der Waals surface area contributed by atoms with Gasteiger partial charge in [0.15, 0.2) is 0 Å². The van der Waals surface area contributed by atoms with Gasteiger partial charge in [-0.3, -0.25) is 23.5 Å². The monoisotopic (exact) mass is 2450 g/mol. The number of unbranched alkanes of at least 4 members (excludes halogenated alkanes) is 49. The number of aliphatic hydroxyl groups is 8. The molecule has 1 fully saturated rings. The molecule has 1 aliphatic heterocycles. The van der Waals surface area contributed by atoms with Crippen LogP contribution in [0.3, 0.4) is 0 Å².